The number of unbranched alkanes of at least 4 members (excludes halogenated alkanes) is 2. The summed E-state index contributed by atoms with van der Waals surface area (Å²) in [5.74, 6) is -2.70. The molecule has 8 nitrogen and oxygen atoms in total. The number of carboxylic acids is 2. The Balaban J connectivity index is 0.000000631. The summed E-state index contributed by atoms with van der Waals surface area (Å²) in [5, 5.41) is 15.2. The first kappa shape index (κ1) is 30.8. The average molecular weight is 577 g/mol. The fourth-order valence-electron chi connectivity index (χ4n) is 4.82. The zero-order valence-corrected chi connectivity index (χ0v) is 24.0. The molecule has 10 heteroatoms. The highest BCUT2D eigenvalue weighted by atomic mass is 35.5. The topological polar surface area (TPSA) is 107 Å². The molecule has 1 saturated carbocycles. The Morgan fingerprint density at radius 3 is 2.33 bits per heavy atom. The van der Waals surface area contributed by atoms with E-state index in [-0.39, 0.29) is 11.2 Å². The van der Waals surface area contributed by atoms with Crippen molar-refractivity contribution < 1.29 is 29.3 Å². The van der Waals surface area contributed by atoms with Gasteiger partial charge in [0, 0.05) is 23.0 Å². The molecule has 1 atom stereocenters. The Hall–Kier alpha value is -2.75. The number of aliphatic carboxylic acids is 2. The molecule has 2 aromatic rings. The summed E-state index contributed by atoms with van der Waals surface area (Å²) in [6.45, 7) is 1.92. The normalized spacial score (nSPS) is 17.3. The lowest BCUT2D eigenvalue weighted by atomic mass is 9.94. The van der Waals surface area contributed by atoms with Gasteiger partial charge in [0.2, 0.25) is 5.91 Å². The second-order valence-electron chi connectivity index (χ2n) is 9.87. The molecule has 2 N–H and O–H groups in total. The van der Waals surface area contributed by atoms with Crippen molar-refractivity contribution in [3.05, 3.63) is 53.1 Å². The molecule has 0 aromatic heterocycles. The molecule has 0 bridgehead atoms. The van der Waals surface area contributed by atoms with Crippen LogP contribution in [0.25, 0.3) is 0 Å². The van der Waals surface area contributed by atoms with Crippen molar-refractivity contribution in [1.82, 2.24) is 4.90 Å². The van der Waals surface area contributed by atoms with Crippen LogP contribution < -0.4 is 9.64 Å². The van der Waals surface area contributed by atoms with Crippen LogP contribution in [0.4, 0.5) is 5.69 Å². The van der Waals surface area contributed by atoms with E-state index in [0.29, 0.717) is 5.02 Å². The third-order valence-corrected chi connectivity index (χ3v) is 8.60. The number of benzene rings is 2. The molecule has 1 aliphatic heterocycles. The molecule has 1 amide bonds. The number of carboxylic acid groups (broad SMARTS) is 2. The van der Waals surface area contributed by atoms with Gasteiger partial charge in [-0.3, -0.25) is 4.79 Å². The molecule has 0 saturated heterocycles. The standard InChI is InChI=1S/C27H35ClN2O2S.C2H2O4/c1-29(22-9-5-3-6-10-22)17-7-4-8-18-32-23-14-11-20(12-15-23)26-27(31)30(2)24-16-13-21(28)19-25(24)33-26;3-1(4)2(5)6/h11-16,19,22,26H,3-10,17-18H2,1-2H3;(H,3,4)(H,5,6). The maximum Gasteiger partial charge on any atom is 0.414 e. The number of carbonyl (C=O) groups excluding carboxylic acids is 1. The number of thioether (sulfide) groups is 1. The summed E-state index contributed by atoms with van der Waals surface area (Å²) in [6, 6.07) is 14.4. The molecular weight excluding hydrogens is 540 g/mol. The third-order valence-electron chi connectivity index (χ3n) is 7.07. The second-order valence-corrected chi connectivity index (χ2v) is 11.5. The molecular formula is C29H37ClN2O6S. The molecule has 4 rings (SSSR count). The van der Waals surface area contributed by atoms with Crippen LogP contribution in [0, 0.1) is 0 Å². The van der Waals surface area contributed by atoms with Crippen LogP contribution in [-0.2, 0) is 14.4 Å². The van der Waals surface area contributed by atoms with Crippen LogP contribution in [-0.4, -0.2) is 66.2 Å². The van der Waals surface area contributed by atoms with Gasteiger partial charge in [-0.15, -0.1) is 11.8 Å². The van der Waals surface area contributed by atoms with Crippen LogP contribution in [0.5, 0.6) is 5.75 Å². The summed E-state index contributed by atoms with van der Waals surface area (Å²) in [6.07, 6.45) is 10.4. The molecule has 1 heterocycles. The highest BCUT2D eigenvalue weighted by molar-refractivity contribution is 8.00. The van der Waals surface area contributed by atoms with Crippen LogP contribution in [0.3, 0.4) is 0 Å². The van der Waals surface area contributed by atoms with Crippen LogP contribution >= 0.6 is 23.4 Å². The second kappa shape index (κ2) is 15.1. The average Bonchev–Trinajstić information content (AvgIpc) is 2.93. The van der Waals surface area contributed by atoms with Crippen molar-refractivity contribution in [3.63, 3.8) is 0 Å². The predicted molar refractivity (Wildman–Crippen MR) is 154 cm³/mol. The van der Waals surface area contributed by atoms with Gasteiger partial charge in [-0.2, -0.15) is 0 Å². The Morgan fingerprint density at radius 2 is 1.69 bits per heavy atom. The number of halogens is 1. The largest absolute Gasteiger partial charge is 0.494 e. The van der Waals surface area contributed by atoms with E-state index in [0.717, 1.165) is 41.0 Å². The number of fused-ring (bicyclic) bond motifs is 1. The summed E-state index contributed by atoms with van der Waals surface area (Å²) >= 11 is 7.73. The Morgan fingerprint density at radius 1 is 1.03 bits per heavy atom. The number of likely N-dealkylation sites (N-methyl/N-ethyl adjacent to an activating group) is 1. The molecule has 39 heavy (non-hydrogen) atoms. The van der Waals surface area contributed by atoms with Gasteiger partial charge in [0.05, 0.1) is 12.3 Å². The number of carbonyl (C=O) groups is 3. The highest BCUT2D eigenvalue weighted by Crippen LogP contribution is 2.47. The van der Waals surface area contributed by atoms with Gasteiger partial charge >= 0.3 is 11.9 Å². The molecule has 0 radical (unpaired) electrons. The summed E-state index contributed by atoms with van der Waals surface area (Å²) in [7, 11) is 4.11. The van der Waals surface area contributed by atoms with Gasteiger partial charge < -0.3 is 24.7 Å². The number of rotatable bonds is 9. The van der Waals surface area contributed by atoms with E-state index in [9.17, 15) is 4.79 Å². The molecule has 2 aromatic carbocycles. The lowest BCUT2D eigenvalue weighted by Crippen LogP contribution is -2.34. The molecule has 0 spiro atoms. The smallest absolute Gasteiger partial charge is 0.414 e. The van der Waals surface area contributed by atoms with E-state index in [2.05, 4.69) is 11.9 Å². The van der Waals surface area contributed by atoms with Gasteiger partial charge in [-0.05, 0) is 81.6 Å². The summed E-state index contributed by atoms with van der Waals surface area (Å²) in [4.78, 5) is 36.4. The minimum Gasteiger partial charge on any atom is -0.494 e. The van der Waals surface area contributed by atoms with Crippen molar-refractivity contribution in [3.8, 4) is 5.75 Å². The van der Waals surface area contributed by atoms with E-state index < -0.39 is 11.9 Å². The quantitative estimate of drug-likeness (QED) is 0.271. The first-order chi connectivity index (χ1) is 18.7. The van der Waals surface area contributed by atoms with Gasteiger partial charge in [-0.25, -0.2) is 9.59 Å². The fraction of sp³-hybridized carbons (Fsp3) is 0.483. The predicted octanol–water partition coefficient (Wildman–Crippen LogP) is 6.12. The maximum atomic E-state index is 12.9. The fourth-order valence-corrected chi connectivity index (χ4v) is 6.38. The van der Waals surface area contributed by atoms with E-state index >= 15 is 0 Å². The summed E-state index contributed by atoms with van der Waals surface area (Å²) < 4.78 is 5.96. The van der Waals surface area contributed by atoms with Crippen molar-refractivity contribution in [2.45, 2.75) is 67.6 Å². The Bertz CT molecular complexity index is 1110. The minimum atomic E-state index is -1.82. The van der Waals surface area contributed by atoms with E-state index in [1.165, 1.54) is 51.5 Å². The van der Waals surface area contributed by atoms with Crippen LogP contribution in [0.15, 0.2) is 47.4 Å². The number of hydrogen-bond acceptors (Lipinski definition) is 6. The zero-order valence-electron chi connectivity index (χ0n) is 22.5. The first-order valence-corrected chi connectivity index (χ1v) is 14.6. The summed E-state index contributed by atoms with van der Waals surface area (Å²) in [5.41, 5.74) is 1.90. The Kier molecular flexibility index (Phi) is 12.0. The van der Waals surface area contributed by atoms with E-state index in [1.54, 1.807) is 16.7 Å². The molecule has 1 fully saturated rings. The lowest BCUT2D eigenvalue weighted by Gasteiger charge is -2.31. The Labute approximate surface area is 239 Å². The van der Waals surface area contributed by atoms with Crippen molar-refractivity contribution in [2.24, 2.45) is 0 Å². The highest BCUT2D eigenvalue weighted by Gasteiger charge is 2.32. The van der Waals surface area contributed by atoms with Crippen molar-refractivity contribution >= 4 is 46.9 Å². The molecule has 2 aliphatic rings. The third kappa shape index (κ3) is 9.15. The molecule has 1 unspecified atom stereocenters. The van der Waals surface area contributed by atoms with Crippen molar-refractivity contribution in [2.75, 3.05) is 32.1 Å². The number of ether oxygens (including phenoxy) is 1. The van der Waals surface area contributed by atoms with Crippen molar-refractivity contribution in [1.29, 1.82) is 0 Å². The number of amides is 1. The number of nitrogens with zero attached hydrogens (tertiary/aromatic N) is 2. The van der Waals surface area contributed by atoms with E-state index in [4.69, 9.17) is 36.1 Å². The molecule has 212 valence electrons. The van der Waals surface area contributed by atoms with Gasteiger partial charge in [0.1, 0.15) is 11.0 Å². The van der Waals surface area contributed by atoms with Crippen LogP contribution in [0.2, 0.25) is 5.02 Å². The zero-order chi connectivity index (χ0) is 28.4. The van der Waals surface area contributed by atoms with Crippen LogP contribution in [0.1, 0.15) is 62.2 Å². The van der Waals surface area contributed by atoms with Gasteiger partial charge in [0.15, 0.2) is 0 Å². The number of anilines is 1. The monoisotopic (exact) mass is 576 g/mol. The SMILES string of the molecule is CN1C(=O)C(c2ccc(OCCCCCN(C)C3CCCCC3)cc2)Sc2cc(Cl)ccc21.O=C(O)C(=O)O. The number of hydrogen-bond donors (Lipinski definition) is 2. The lowest BCUT2D eigenvalue weighted by molar-refractivity contribution is -0.159. The van der Waals surface area contributed by atoms with E-state index in [1.807, 2.05) is 49.5 Å². The van der Waals surface area contributed by atoms with Gasteiger partial charge in [-0.1, -0.05) is 43.0 Å². The van der Waals surface area contributed by atoms with Gasteiger partial charge in [0.25, 0.3) is 0 Å². The first-order valence-electron chi connectivity index (χ1n) is 13.3. The minimum absolute atomic E-state index is 0.0849. The maximum absolute atomic E-state index is 12.9. The molecule has 1 aliphatic carbocycles.